The number of ether oxygens (including phenoxy) is 1. The van der Waals surface area contributed by atoms with Crippen molar-refractivity contribution in [3.63, 3.8) is 0 Å². The van der Waals surface area contributed by atoms with Crippen molar-refractivity contribution in [2.75, 3.05) is 18.4 Å². The fourth-order valence-corrected chi connectivity index (χ4v) is 4.43. The maximum absolute atomic E-state index is 12.7. The van der Waals surface area contributed by atoms with E-state index in [1.54, 1.807) is 18.5 Å². The van der Waals surface area contributed by atoms with Crippen molar-refractivity contribution in [2.45, 2.75) is 44.3 Å². The minimum atomic E-state index is -0.454. The molecule has 0 radical (unpaired) electrons. The number of nitrogens with zero attached hydrogens (tertiary/aromatic N) is 2. The molecule has 3 atom stereocenters. The number of piperidine rings is 1. The summed E-state index contributed by atoms with van der Waals surface area (Å²) in [4.78, 5) is 31.3. The molecule has 1 aromatic carbocycles. The number of likely N-dealkylation sites (tertiary alicyclic amines) is 1. The van der Waals surface area contributed by atoms with E-state index in [1.165, 1.54) is 0 Å². The predicted octanol–water partition coefficient (Wildman–Crippen LogP) is 3.05. The summed E-state index contributed by atoms with van der Waals surface area (Å²) in [5, 5.41) is 2.88. The number of pyridine rings is 1. The quantitative estimate of drug-likeness (QED) is 0.867. The van der Waals surface area contributed by atoms with Crippen LogP contribution in [0.15, 0.2) is 54.9 Å². The number of hydrogen-bond acceptors (Lipinski definition) is 4. The van der Waals surface area contributed by atoms with E-state index in [2.05, 4.69) is 17.2 Å². The molecule has 0 saturated carbocycles. The van der Waals surface area contributed by atoms with Gasteiger partial charge in [-0.15, -0.1) is 0 Å². The first-order valence-electron chi connectivity index (χ1n) is 10.3. The highest BCUT2D eigenvalue weighted by atomic mass is 16.5. The summed E-state index contributed by atoms with van der Waals surface area (Å²) in [5.41, 5.74) is 1.40. The van der Waals surface area contributed by atoms with Crippen LogP contribution in [-0.4, -0.2) is 46.5 Å². The molecule has 2 aromatic rings. The van der Waals surface area contributed by atoms with Gasteiger partial charge in [-0.25, -0.2) is 0 Å². The average molecular weight is 393 g/mol. The van der Waals surface area contributed by atoms with Gasteiger partial charge < -0.3 is 15.0 Å². The molecule has 3 heterocycles. The maximum Gasteiger partial charge on any atom is 0.253 e. The average Bonchev–Trinajstić information content (AvgIpc) is 3.17. The van der Waals surface area contributed by atoms with Gasteiger partial charge in [0.2, 0.25) is 5.91 Å². The van der Waals surface area contributed by atoms with Crippen LogP contribution in [0, 0.1) is 5.92 Å². The molecule has 29 heavy (non-hydrogen) atoms. The van der Waals surface area contributed by atoms with Crippen LogP contribution in [-0.2, 0) is 20.7 Å². The van der Waals surface area contributed by atoms with Gasteiger partial charge in [-0.2, -0.15) is 0 Å². The van der Waals surface area contributed by atoms with Crippen molar-refractivity contribution >= 4 is 17.5 Å². The normalized spacial score (nSPS) is 26.4. The number of carbonyl (C=O) groups excluding carboxylic acids is 2. The molecule has 6 heteroatoms. The van der Waals surface area contributed by atoms with Gasteiger partial charge in [0.25, 0.3) is 5.91 Å². The smallest absolute Gasteiger partial charge is 0.253 e. The van der Waals surface area contributed by atoms with Gasteiger partial charge in [0, 0.05) is 25.2 Å². The van der Waals surface area contributed by atoms with Gasteiger partial charge >= 0.3 is 0 Å². The van der Waals surface area contributed by atoms with Crippen LogP contribution < -0.4 is 5.32 Å². The second-order valence-corrected chi connectivity index (χ2v) is 8.09. The Labute approximate surface area is 171 Å². The van der Waals surface area contributed by atoms with Gasteiger partial charge in [0.05, 0.1) is 23.9 Å². The number of carbonyl (C=O) groups is 2. The molecule has 1 N–H and O–H groups in total. The third kappa shape index (κ3) is 4.32. The Morgan fingerprint density at radius 1 is 1.21 bits per heavy atom. The van der Waals surface area contributed by atoms with Crippen molar-refractivity contribution < 1.29 is 14.3 Å². The van der Waals surface area contributed by atoms with E-state index in [0.29, 0.717) is 31.6 Å². The standard InChI is InChI=1S/C23H27N3O3/c1-17-16-26(21(27)14-18-6-3-2-4-7-18)13-11-23(17)10-9-20(29-23)22(28)25-19-8-5-12-24-15-19/h2-8,12,15,17,20H,9-11,13-14,16H2,1H3,(H,25,28). The Hall–Kier alpha value is -2.73. The minimum Gasteiger partial charge on any atom is -0.362 e. The van der Waals surface area contributed by atoms with Crippen molar-refractivity contribution in [3.8, 4) is 0 Å². The van der Waals surface area contributed by atoms with Gasteiger partial charge in [-0.05, 0) is 37.0 Å². The highest BCUT2D eigenvalue weighted by molar-refractivity contribution is 5.94. The zero-order valence-corrected chi connectivity index (χ0v) is 16.7. The van der Waals surface area contributed by atoms with Crippen molar-refractivity contribution in [3.05, 3.63) is 60.4 Å². The van der Waals surface area contributed by atoms with Gasteiger partial charge in [0.1, 0.15) is 6.10 Å². The molecule has 152 valence electrons. The number of anilines is 1. The molecule has 0 aliphatic carbocycles. The second-order valence-electron chi connectivity index (χ2n) is 8.09. The number of amides is 2. The molecule has 2 aliphatic heterocycles. The Morgan fingerprint density at radius 3 is 2.76 bits per heavy atom. The molecule has 1 spiro atoms. The SMILES string of the molecule is CC1CN(C(=O)Cc2ccccc2)CCC12CCC(C(=O)Nc1cccnc1)O2. The van der Waals surface area contributed by atoms with Crippen LogP contribution >= 0.6 is 0 Å². The van der Waals surface area contributed by atoms with Crippen LogP contribution in [0.25, 0.3) is 0 Å². The van der Waals surface area contributed by atoms with Gasteiger partial charge in [0.15, 0.2) is 0 Å². The number of hydrogen-bond donors (Lipinski definition) is 1. The van der Waals surface area contributed by atoms with E-state index in [1.807, 2.05) is 41.3 Å². The molecule has 2 aliphatic rings. The summed E-state index contributed by atoms with van der Waals surface area (Å²) in [6.07, 6.45) is 5.59. The first kappa shape index (κ1) is 19.6. The third-order valence-electron chi connectivity index (χ3n) is 6.18. The van der Waals surface area contributed by atoms with E-state index >= 15 is 0 Å². The summed E-state index contributed by atoms with van der Waals surface area (Å²) in [7, 11) is 0. The number of nitrogens with one attached hydrogen (secondary N) is 1. The molecule has 3 unspecified atom stereocenters. The van der Waals surface area contributed by atoms with E-state index in [4.69, 9.17) is 4.74 Å². The summed E-state index contributed by atoms with van der Waals surface area (Å²) in [6, 6.07) is 13.4. The van der Waals surface area contributed by atoms with E-state index < -0.39 is 6.10 Å². The lowest BCUT2D eigenvalue weighted by molar-refractivity contribution is -0.151. The van der Waals surface area contributed by atoms with E-state index in [-0.39, 0.29) is 23.3 Å². The fourth-order valence-electron chi connectivity index (χ4n) is 4.43. The molecule has 2 amide bonds. The highest BCUT2D eigenvalue weighted by Gasteiger charge is 2.49. The van der Waals surface area contributed by atoms with Crippen LogP contribution in [0.3, 0.4) is 0 Å². The Balaban J connectivity index is 1.33. The summed E-state index contributed by atoms with van der Waals surface area (Å²) < 4.78 is 6.31. The Morgan fingerprint density at radius 2 is 2.03 bits per heavy atom. The van der Waals surface area contributed by atoms with Crippen LogP contribution in [0.2, 0.25) is 0 Å². The van der Waals surface area contributed by atoms with Crippen molar-refractivity contribution in [2.24, 2.45) is 5.92 Å². The summed E-state index contributed by atoms with van der Waals surface area (Å²) in [5.74, 6) is 0.221. The predicted molar refractivity (Wildman–Crippen MR) is 110 cm³/mol. The largest absolute Gasteiger partial charge is 0.362 e. The first-order chi connectivity index (χ1) is 14.1. The lowest BCUT2D eigenvalue weighted by Gasteiger charge is -2.44. The zero-order valence-electron chi connectivity index (χ0n) is 16.7. The summed E-state index contributed by atoms with van der Waals surface area (Å²) in [6.45, 7) is 3.47. The lowest BCUT2D eigenvalue weighted by Crippen LogP contribution is -2.53. The number of benzene rings is 1. The molecule has 4 rings (SSSR count). The zero-order chi connectivity index (χ0) is 20.3. The van der Waals surface area contributed by atoms with E-state index in [0.717, 1.165) is 18.4 Å². The van der Waals surface area contributed by atoms with Crippen LogP contribution in [0.1, 0.15) is 31.7 Å². The van der Waals surface area contributed by atoms with Gasteiger partial charge in [-0.1, -0.05) is 37.3 Å². The van der Waals surface area contributed by atoms with Crippen molar-refractivity contribution in [1.29, 1.82) is 0 Å². The first-order valence-corrected chi connectivity index (χ1v) is 10.3. The highest BCUT2D eigenvalue weighted by Crippen LogP contribution is 2.42. The molecule has 1 aromatic heterocycles. The molecular formula is C23H27N3O3. The molecule has 2 saturated heterocycles. The van der Waals surface area contributed by atoms with E-state index in [9.17, 15) is 9.59 Å². The molecule has 2 fully saturated rings. The molecule has 6 nitrogen and oxygen atoms in total. The lowest BCUT2D eigenvalue weighted by atomic mass is 9.80. The molecular weight excluding hydrogens is 366 g/mol. The molecule has 0 bridgehead atoms. The summed E-state index contributed by atoms with van der Waals surface area (Å²) >= 11 is 0. The van der Waals surface area contributed by atoms with Gasteiger partial charge in [-0.3, -0.25) is 14.6 Å². The minimum absolute atomic E-state index is 0.121. The maximum atomic E-state index is 12.7. The van der Waals surface area contributed by atoms with Crippen LogP contribution in [0.4, 0.5) is 5.69 Å². The van der Waals surface area contributed by atoms with Crippen molar-refractivity contribution in [1.82, 2.24) is 9.88 Å². The number of aromatic nitrogens is 1. The Bertz CT molecular complexity index is 858. The second kappa shape index (κ2) is 8.33. The third-order valence-corrected chi connectivity index (χ3v) is 6.18. The Kier molecular flexibility index (Phi) is 5.62. The fraction of sp³-hybridized carbons (Fsp3) is 0.435. The topological polar surface area (TPSA) is 71.5 Å². The number of rotatable bonds is 4. The monoisotopic (exact) mass is 393 g/mol. The van der Waals surface area contributed by atoms with Crippen LogP contribution in [0.5, 0.6) is 0 Å².